The normalized spacial score (nSPS) is 18.7. The van der Waals surface area contributed by atoms with Crippen LogP contribution in [0.4, 0.5) is 5.69 Å². The Hall–Kier alpha value is -2.36. The lowest BCUT2D eigenvalue weighted by atomic mass is 9.86. The molecule has 0 bridgehead atoms. The van der Waals surface area contributed by atoms with Crippen LogP contribution in [0.25, 0.3) is 0 Å². The van der Waals surface area contributed by atoms with Crippen LogP contribution in [0.2, 0.25) is 0 Å². The summed E-state index contributed by atoms with van der Waals surface area (Å²) in [5.74, 6) is 0.298. The second-order valence-corrected chi connectivity index (χ2v) is 6.00. The van der Waals surface area contributed by atoms with Gasteiger partial charge in [-0.2, -0.15) is 0 Å². The quantitative estimate of drug-likeness (QED) is 0.923. The third kappa shape index (κ3) is 3.52. The molecule has 1 amide bonds. The highest BCUT2D eigenvalue weighted by molar-refractivity contribution is 5.76. The average molecular weight is 309 g/mol. The van der Waals surface area contributed by atoms with E-state index >= 15 is 0 Å². The van der Waals surface area contributed by atoms with E-state index in [9.17, 15) is 4.79 Å². The molecule has 120 valence electrons. The van der Waals surface area contributed by atoms with Gasteiger partial charge in [0.15, 0.2) is 0 Å². The van der Waals surface area contributed by atoms with E-state index in [4.69, 9.17) is 0 Å². The monoisotopic (exact) mass is 309 g/mol. The van der Waals surface area contributed by atoms with Crippen LogP contribution in [0.3, 0.4) is 0 Å². The number of aromatic nitrogens is 1. The molecule has 1 fully saturated rings. The fourth-order valence-electron chi connectivity index (χ4n) is 3.54. The molecular weight excluding hydrogens is 286 g/mol. The predicted octanol–water partition coefficient (Wildman–Crippen LogP) is 2.97. The summed E-state index contributed by atoms with van der Waals surface area (Å²) in [7, 11) is 1.71. The van der Waals surface area contributed by atoms with Crippen LogP contribution >= 0.6 is 0 Å². The van der Waals surface area contributed by atoms with E-state index in [0.717, 1.165) is 19.4 Å². The minimum absolute atomic E-state index is 0.0976. The minimum atomic E-state index is 0.0976. The molecule has 0 saturated carbocycles. The average Bonchev–Trinajstić information content (AvgIpc) is 3.10. The highest BCUT2D eigenvalue weighted by Gasteiger charge is 2.33. The highest BCUT2D eigenvalue weighted by Crippen LogP contribution is 2.36. The first-order valence-corrected chi connectivity index (χ1v) is 8.22. The fraction of sp³-hybridized carbons (Fsp3) is 0.368. The van der Waals surface area contributed by atoms with Gasteiger partial charge in [0.25, 0.3) is 0 Å². The summed E-state index contributed by atoms with van der Waals surface area (Å²) in [6.45, 7) is 1.03. The molecule has 1 aliphatic rings. The van der Waals surface area contributed by atoms with Crippen molar-refractivity contribution < 1.29 is 4.79 Å². The Bertz CT molecular complexity index is 630. The van der Waals surface area contributed by atoms with Crippen LogP contribution in [0.5, 0.6) is 0 Å². The van der Waals surface area contributed by atoms with Gasteiger partial charge in [-0.3, -0.25) is 9.78 Å². The van der Waals surface area contributed by atoms with Crippen molar-refractivity contribution in [3.63, 3.8) is 0 Å². The number of rotatable bonds is 5. The van der Waals surface area contributed by atoms with E-state index in [2.05, 4.69) is 51.6 Å². The van der Waals surface area contributed by atoms with Gasteiger partial charge in [0, 0.05) is 50.1 Å². The Kier molecular flexibility index (Phi) is 4.91. The van der Waals surface area contributed by atoms with Crippen molar-refractivity contribution >= 4 is 11.6 Å². The zero-order valence-electron chi connectivity index (χ0n) is 13.5. The molecule has 2 heterocycles. The Morgan fingerprint density at radius 3 is 2.70 bits per heavy atom. The van der Waals surface area contributed by atoms with E-state index in [0.29, 0.717) is 12.5 Å². The maximum atomic E-state index is 12.1. The molecule has 1 aliphatic heterocycles. The zero-order valence-corrected chi connectivity index (χ0v) is 13.5. The zero-order chi connectivity index (χ0) is 16.1. The number of nitrogens with one attached hydrogen (secondary N) is 1. The summed E-state index contributed by atoms with van der Waals surface area (Å²) in [5.41, 5.74) is 2.43. The van der Waals surface area contributed by atoms with E-state index in [-0.39, 0.29) is 11.8 Å². The molecule has 1 N–H and O–H groups in total. The number of amides is 1. The second-order valence-electron chi connectivity index (χ2n) is 6.00. The lowest BCUT2D eigenvalue weighted by molar-refractivity contribution is -0.121. The van der Waals surface area contributed by atoms with Crippen molar-refractivity contribution in [3.05, 3.63) is 60.4 Å². The second kappa shape index (κ2) is 7.27. The molecule has 2 unspecified atom stereocenters. The van der Waals surface area contributed by atoms with Gasteiger partial charge in [-0.05, 0) is 30.5 Å². The van der Waals surface area contributed by atoms with Crippen LogP contribution in [0, 0.1) is 0 Å². The molecule has 1 aromatic heterocycles. The number of carbonyl (C=O) groups is 1. The minimum Gasteiger partial charge on any atom is -0.368 e. The first-order chi connectivity index (χ1) is 11.3. The molecule has 2 aromatic rings. The van der Waals surface area contributed by atoms with Gasteiger partial charge in [0.05, 0.1) is 0 Å². The Balaban J connectivity index is 1.90. The first-order valence-electron chi connectivity index (χ1n) is 8.22. The van der Waals surface area contributed by atoms with Gasteiger partial charge < -0.3 is 10.2 Å². The number of pyridine rings is 1. The number of hydrogen-bond donors (Lipinski definition) is 1. The molecule has 0 aliphatic carbocycles. The number of carbonyl (C=O) groups excluding carboxylic acids is 1. The van der Waals surface area contributed by atoms with Crippen molar-refractivity contribution in [2.24, 2.45) is 0 Å². The molecule has 4 heteroatoms. The summed E-state index contributed by atoms with van der Waals surface area (Å²) >= 11 is 0. The lowest BCUT2D eigenvalue weighted by Gasteiger charge is -2.33. The molecule has 4 nitrogen and oxygen atoms in total. The Labute approximate surface area is 137 Å². The molecule has 0 radical (unpaired) electrons. The van der Waals surface area contributed by atoms with E-state index in [1.807, 2.05) is 18.5 Å². The number of hydrogen-bond acceptors (Lipinski definition) is 3. The summed E-state index contributed by atoms with van der Waals surface area (Å²) in [6.07, 6.45) is 6.46. The number of benzene rings is 1. The smallest absolute Gasteiger partial charge is 0.220 e. The van der Waals surface area contributed by atoms with Crippen LogP contribution in [-0.2, 0) is 4.79 Å². The van der Waals surface area contributed by atoms with Crippen molar-refractivity contribution in [1.82, 2.24) is 10.3 Å². The highest BCUT2D eigenvalue weighted by atomic mass is 16.1. The van der Waals surface area contributed by atoms with Crippen molar-refractivity contribution in [3.8, 4) is 0 Å². The van der Waals surface area contributed by atoms with Gasteiger partial charge in [-0.15, -0.1) is 0 Å². The van der Waals surface area contributed by atoms with Crippen LogP contribution in [-0.4, -0.2) is 30.5 Å². The largest absolute Gasteiger partial charge is 0.368 e. The van der Waals surface area contributed by atoms with Crippen molar-refractivity contribution in [1.29, 1.82) is 0 Å². The van der Waals surface area contributed by atoms with Crippen LogP contribution < -0.4 is 10.2 Å². The molecular formula is C19H23N3O. The maximum Gasteiger partial charge on any atom is 0.220 e. The van der Waals surface area contributed by atoms with Gasteiger partial charge in [0.2, 0.25) is 5.91 Å². The maximum absolute atomic E-state index is 12.1. The third-order valence-corrected chi connectivity index (χ3v) is 4.67. The van der Waals surface area contributed by atoms with Crippen LogP contribution in [0.15, 0.2) is 54.9 Å². The molecule has 1 aromatic carbocycles. The third-order valence-electron chi connectivity index (χ3n) is 4.67. The van der Waals surface area contributed by atoms with Crippen molar-refractivity contribution in [2.75, 3.05) is 18.5 Å². The van der Waals surface area contributed by atoms with Crippen LogP contribution in [0.1, 0.15) is 30.7 Å². The topological polar surface area (TPSA) is 45.2 Å². The standard InChI is InChI=1S/C19H23N3O/c1-20-19(23)14-17(15-6-3-2-4-7-15)18-8-5-13-22(18)16-9-11-21-12-10-16/h2-4,6-7,9-12,17-18H,5,8,13-14H2,1H3,(H,20,23). The summed E-state index contributed by atoms with van der Waals surface area (Å²) in [6, 6.07) is 14.9. The Morgan fingerprint density at radius 1 is 1.26 bits per heavy atom. The number of anilines is 1. The molecule has 2 atom stereocenters. The molecule has 1 saturated heterocycles. The Morgan fingerprint density at radius 2 is 2.00 bits per heavy atom. The summed E-state index contributed by atoms with van der Waals surface area (Å²) in [4.78, 5) is 18.6. The lowest BCUT2D eigenvalue weighted by Crippen LogP contribution is -2.36. The first kappa shape index (κ1) is 15.5. The van der Waals surface area contributed by atoms with Gasteiger partial charge in [-0.25, -0.2) is 0 Å². The predicted molar refractivity (Wildman–Crippen MR) is 92.5 cm³/mol. The molecule has 23 heavy (non-hydrogen) atoms. The van der Waals surface area contributed by atoms with Gasteiger partial charge in [0.1, 0.15) is 0 Å². The summed E-state index contributed by atoms with van der Waals surface area (Å²) in [5, 5.41) is 2.78. The van der Waals surface area contributed by atoms with Crippen molar-refractivity contribution in [2.45, 2.75) is 31.2 Å². The van der Waals surface area contributed by atoms with Gasteiger partial charge >= 0.3 is 0 Å². The van der Waals surface area contributed by atoms with E-state index < -0.39 is 0 Å². The SMILES string of the molecule is CNC(=O)CC(c1ccccc1)C1CCCN1c1ccncc1. The van der Waals surface area contributed by atoms with E-state index in [1.165, 1.54) is 11.3 Å². The van der Waals surface area contributed by atoms with E-state index in [1.54, 1.807) is 7.05 Å². The molecule has 3 rings (SSSR count). The number of nitrogens with zero attached hydrogens (tertiary/aromatic N) is 2. The summed E-state index contributed by atoms with van der Waals surface area (Å²) < 4.78 is 0. The fourth-order valence-corrected chi connectivity index (χ4v) is 3.54. The van der Waals surface area contributed by atoms with Gasteiger partial charge in [-0.1, -0.05) is 30.3 Å². The molecule has 0 spiro atoms.